The summed E-state index contributed by atoms with van der Waals surface area (Å²) >= 11 is 1.34. The third-order valence-corrected chi connectivity index (χ3v) is 3.98. The van der Waals surface area contributed by atoms with Crippen LogP contribution in [0.2, 0.25) is 0 Å². The van der Waals surface area contributed by atoms with E-state index in [9.17, 15) is 4.79 Å². The largest absolute Gasteiger partial charge is 0.316 e. The van der Waals surface area contributed by atoms with Gasteiger partial charge in [-0.25, -0.2) is 0 Å². The third-order valence-electron chi connectivity index (χ3n) is 3.27. The summed E-state index contributed by atoms with van der Waals surface area (Å²) in [5.74, 6) is 0.865. The summed E-state index contributed by atoms with van der Waals surface area (Å²) in [6.07, 6.45) is 1.01. The molecule has 1 aromatic carbocycles. The van der Waals surface area contributed by atoms with Gasteiger partial charge in [0.05, 0.1) is 5.69 Å². The van der Waals surface area contributed by atoms with Crippen molar-refractivity contribution in [3.63, 3.8) is 0 Å². The van der Waals surface area contributed by atoms with Crippen LogP contribution in [-0.4, -0.2) is 10.3 Å². The fraction of sp³-hybridized carbons (Fsp3) is 0.286. The molecule has 2 aromatic rings. The van der Waals surface area contributed by atoms with E-state index in [2.05, 4.69) is 16.6 Å². The van der Waals surface area contributed by atoms with Crippen molar-refractivity contribution in [2.75, 3.05) is 5.32 Å². The molecule has 92 valence electrons. The van der Waals surface area contributed by atoms with Gasteiger partial charge >= 0.3 is 0 Å². The van der Waals surface area contributed by atoms with E-state index < -0.39 is 0 Å². The SMILES string of the molecule is C[C@@H]1C[C@H]1C(=O)Nc1cc(-c2ccccc2)ns1. The molecule has 0 spiro atoms. The van der Waals surface area contributed by atoms with Crippen molar-refractivity contribution in [2.45, 2.75) is 13.3 Å². The number of carbonyl (C=O) groups is 1. The molecular weight excluding hydrogens is 244 g/mol. The van der Waals surface area contributed by atoms with Crippen LogP contribution in [0, 0.1) is 11.8 Å². The van der Waals surface area contributed by atoms with Crippen LogP contribution in [-0.2, 0) is 4.79 Å². The molecule has 1 aliphatic carbocycles. The van der Waals surface area contributed by atoms with Crippen LogP contribution in [0.4, 0.5) is 5.00 Å². The van der Waals surface area contributed by atoms with Gasteiger partial charge in [0.15, 0.2) is 0 Å². The van der Waals surface area contributed by atoms with Gasteiger partial charge in [-0.15, -0.1) is 0 Å². The van der Waals surface area contributed by atoms with Crippen LogP contribution in [0.1, 0.15) is 13.3 Å². The van der Waals surface area contributed by atoms with E-state index in [4.69, 9.17) is 0 Å². The summed E-state index contributed by atoms with van der Waals surface area (Å²) in [5, 5.41) is 3.77. The molecule has 1 fully saturated rings. The van der Waals surface area contributed by atoms with Crippen molar-refractivity contribution in [3.05, 3.63) is 36.4 Å². The molecule has 0 unspecified atom stereocenters. The van der Waals surface area contributed by atoms with E-state index in [-0.39, 0.29) is 11.8 Å². The molecule has 0 saturated heterocycles. The molecule has 2 atom stereocenters. The van der Waals surface area contributed by atoms with Gasteiger partial charge in [-0.1, -0.05) is 37.3 Å². The molecule has 1 aliphatic rings. The molecule has 3 nitrogen and oxygen atoms in total. The second-order valence-corrected chi connectivity index (χ2v) is 5.56. The second-order valence-electron chi connectivity index (χ2n) is 4.75. The van der Waals surface area contributed by atoms with Gasteiger partial charge in [0.25, 0.3) is 0 Å². The lowest BCUT2D eigenvalue weighted by Crippen LogP contribution is -2.13. The molecule has 1 saturated carbocycles. The number of aromatic nitrogens is 1. The zero-order chi connectivity index (χ0) is 12.5. The summed E-state index contributed by atoms with van der Waals surface area (Å²) in [5.41, 5.74) is 1.99. The number of anilines is 1. The average molecular weight is 258 g/mol. The Morgan fingerprint density at radius 3 is 2.78 bits per heavy atom. The van der Waals surface area contributed by atoms with E-state index in [1.54, 1.807) is 0 Å². The standard InChI is InChI=1S/C14H14N2OS/c1-9-7-11(9)14(17)15-13-8-12(16-18-13)10-5-3-2-4-6-10/h2-6,8-9,11H,7H2,1H3,(H,15,17)/t9-,11-/m1/s1. The molecule has 1 amide bonds. The summed E-state index contributed by atoms with van der Waals surface area (Å²) < 4.78 is 4.37. The minimum atomic E-state index is 0.130. The minimum absolute atomic E-state index is 0.130. The predicted molar refractivity (Wildman–Crippen MR) is 73.5 cm³/mol. The van der Waals surface area contributed by atoms with E-state index in [0.717, 1.165) is 22.7 Å². The minimum Gasteiger partial charge on any atom is -0.316 e. The Labute approximate surface area is 110 Å². The Bertz CT molecular complexity index is 564. The fourth-order valence-electron chi connectivity index (χ4n) is 1.98. The number of nitrogens with zero attached hydrogens (tertiary/aromatic N) is 1. The maximum Gasteiger partial charge on any atom is 0.228 e. The maximum atomic E-state index is 11.8. The number of hydrogen-bond donors (Lipinski definition) is 1. The van der Waals surface area contributed by atoms with Crippen molar-refractivity contribution in [1.29, 1.82) is 0 Å². The smallest absolute Gasteiger partial charge is 0.228 e. The molecule has 0 aliphatic heterocycles. The summed E-state index contributed by atoms with van der Waals surface area (Å²) in [6, 6.07) is 11.9. The van der Waals surface area contributed by atoms with Crippen LogP contribution in [0.5, 0.6) is 0 Å². The van der Waals surface area contributed by atoms with Crippen LogP contribution < -0.4 is 5.32 Å². The molecule has 1 N–H and O–H groups in total. The van der Waals surface area contributed by atoms with Crippen molar-refractivity contribution in [3.8, 4) is 11.3 Å². The van der Waals surface area contributed by atoms with Gasteiger partial charge in [-0.05, 0) is 23.9 Å². The summed E-state index contributed by atoms with van der Waals surface area (Å²) in [6.45, 7) is 2.10. The van der Waals surface area contributed by atoms with E-state index >= 15 is 0 Å². The molecule has 3 rings (SSSR count). The van der Waals surface area contributed by atoms with Crippen LogP contribution in [0.25, 0.3) is 11.3 Å². The Kier molecular flexibility index (Phi) is 2.88. The molecule has 4 heteroatoms. The quantitative estimate of drug-likeness (QED) is 0.916. The molecule has 0 bridgehead atoms. The monoisotopic (exact) mass is 258 g/mol. The highest BCUT2D eigenvalue weighted by molar-refractivity contribution is 7.10. The maximum absolute atomic E-state index is 11.8. The number of benzene rings is 1. The number of amides is 1. The number of carbonyl (C=O) groups excluding carboxylic acids is 1. The number of rotatable bonds is 3. The Morgan fingerprint density at radius 1 is 1.39 bits per heavy atom. The molecule has 18 heavy (non-hydrogen) atoms. The Balaban J connectivity index is 1.72. The lowest BCUT2D eigenvalue weighted by Gasteiger charge is -1.98. The predicted octanol–water partition coefficient (Wildman–Crippen LogP) is 3.40. The van der Waals surface area contributed by atoms with Crippen LogP contribution in [0.15, 0.2) is 36.4 Å². The highest BCUT2D eigenvalue weighted by Gasteiger charge is 2.39. The van der Waals surface area contributed by atoms with E-state index in [0.29, 0.717) is 5.92 Å². The molecular formula is C14H14N2OS. The van der Waals surface area contributed by atoms with Crippen molar-refractivity contribution in [2.24, 2.45) is 11.8 Å². The average Bonchev–Trinajstić information content (AvgIpc) is 2.95. The fourth-order valence-corrected chi connectivity index (χ4v) is 2.65. The first-order valence-corrected chi connectivity index (χ1v) is 6.84. The first-order valence-electron chi connectivity index (χ1n) is 6.07. The van der Waals surface area contributed by atoms with Crippen molar-refractivity contribution >= 4 is 22.4 Å². The van der Waals surface area contributed by atoms with E-state index in [1.807, 2.05) is 36.4 Å². The zero-order valence-electron chi connectivity index (χ0n) is 10.1. The molecule has 1 aromatic heterocycles. The van der Waals surface area contributed by atoms with Crippen LogP contribution >= 0.6 is 11.5 Å². The molecule has 0 radical (unpaired) electrons. The lowest BCUT2D eigenvalue weighted by atomic mass is 10.1. The highest BCUT2D eigenvalue weighted by Crippen LogP contribution is 2.39. The van der Waals surface area contributed by atoms with E-state index in [1.165, 1.54) is 11.5 Å². The topological polar surface area (TPSA) is 42.0 Å². The summed E-state index contributed by atoms with van der Waals surface area (Å²) in [4.78, 5) is 11.8. The Morgan fingerprint density at radius 2 is 2.11 bits per heavy atom. The molecule has 1 heterocycles. The van der Waals surface area contributed by atoms with Gasteiger partial charge in [-0.2, -0.15) is 4.37 Å². The first kappa shape index (κ1) is 11.4. The van der Waals surface area contributed by atoms with Gasteiger partial charge in [-0.3, -0.25) is 4.79 Å². The Hall–Kier alpha value is -1.68. The van der Waals surface area contributed by atoms with Gasteiger partial charge in [0.1, 0.15) is 5.00 Å². The highest BCUT2D eigenvalue weighted by atomic mass is 32.1. The number of nitrogens with one attached hydrogen (secondary N) is 1. The number of hydrogen-bond acceptors (Lipinski definition) is 3. The summed E-state index contributed by atoms with van der Waals surface area (Å²) in [7, 11) is 0. The normalized spacial score (nSPS) is 21.6. The second kappa shape index (κ2) is 4.53. The zero-order valence-corrected chi connectivity index (χ0v) is 10.9. The van der Waals surface area contributed by atoms with Gasteiger partial charge < -0.3 is 5.32 Å². The third kappa shape index (κ3) is 2.29. The van der Waals surface area contributed by atoms with Crippen molar-refractivity contribution in [1.82, 2.24) is 4.37 Å². The van der Waals surface area contributed by atoms with Gasteiger partial charge in [0, 0.05) is 17.5 Å². The van der Waals surface area contributed by atoms with Gasteiger partial charge in [0.2, 0.25) is 5.91 Å². The van der Waals surface area contributed by atoms with Crippen molar-refractivity contribution < 1.29 is 4.79 Å². The van der Waals surface area contributed by atoms with Crippen LogP contribution in [0.3, 0.4) is 0 Å². The lowest BCUT2D eigenvalue weighted by molar-refractivity contribution is -0.117. The first-order chi connectivity index (χ1) is 8.74.